The minimum atomic E-state index is -4.71. The summed E-state index contributed by atoms with van der Waals surface area (Å²) >= 11 is 0. The van der Waals surface area contributed by atoms with Gasteiger partial charge in [0.1, 0.15) is 11.4 Å². The molecule has 0 aliphatic heterocycles. The maximum absolute atomic E-state index is 12.1. The first-order valence-electron chi connectivity index (χ1n) is 6.83. The summed E-state index contributed by atoms with van der Waals surface area (Å²) in [6, 6.07) is 10.7. The molecule has 0 unspecified atom stereocenters. The van der Waals surface area contributed by atoms with Crippen LogP contribution in [0.4, 0.5) is 13.2 Å². The fourth-order valence-corrected chi connectivity index (χ4v) is 1.91. The minimum absolute atomic E-state index is 0.282. The Kier molecular flexibility index (Phi) is 4.20. The zero-order chi connectivity index (χ0) is 17.0. The molecule has 0 bridgehead atoms. The zero-order valence-corrected chi connectivity index (χ0v) is 12.2. The summed E-state index contributed by atoms with van der Waals surface area (Å²) in [7, 11) is 0. The van der Waals surface area contributed by atoms with Crippen molar-refractivity contribution in [1.82, 2.24) is 14.8 Å². The quantitative estimate of drug-likeness (QED) is 0.675. The Morgan fingerprint density at radius 1 is 1.00 bits per heavy atom. The van der Waals surface area contributed by atoms with Gasteiger partial charge < -0.3 is 4.74 Å². The van der Waals surface area contributed by atoms with Crippen molar-refractivity contribution in [2.24, 2.45) is 0 Å². The number of nitrogens with zero attached hydrogens (tertiary/aromatic N) is 3. The van der Waals surface area contributed by atoms with Crippen LogP contribution in [0.2, 0.25) is 0 Å². The third-order valence-electron chi connectivity index (χ3n) is 2.92. The summed E-state index contributed by atoms with van der Waals surface area (Å²) in [5.74, 6) is 5.54. The Bertz CT molecular complexity index is 875. The lowest BCUT2D eigenvalue weighted by Crippen LogP contribution is -2.17. The average molecular weight is 329 g/mol. The molecule has 7 heteroatoms. The van der Waals surface area contributed by atoms with Crippen LogP contribution in [-0.4, -0.2) is 21.1 Å². The van der Waals surface area contributed by atoms with E-state index in [0.717, 1.165) is 5.56 Å². The van der Waals surface area contributed by atoms with E-state index in [4.69, 9.17) is 0 Å². The third-order valence-corrected chi connectivity index (χ3v) is 2.92. The molecule has 3 aromatic rings. The van der Waals surface area contributed by atoms with Crippen LogP contribution >= 0.6 is 0 Å². The van der Waals surface area contributed by atoms with Crippen molar-refractivity contribution >= 4 is 0 Å². The van der Waals surface area contributed by atoms with Crippen molar-refractivity contribution in [1.29, 1.82) is 0 Å². The van der Waals surface area contributed by atoms with Gasteiger partial charge in [0.15, 0.2) is 0 Å². The molecular weight excluding hydrogens is 319 g/mol. The SMILES string of the molecule is FC(F)(F)Oc1ccc(-n2ccc(C#Cc3cccnc3)n2)cc1. The number of hydrogen-bond donors (Lipinski definition) is 0. The lowest BCUT2D eigenvalue weighted by Gasteiger charge is -2.09. The van der Waals surface area contributed by atoms with Crippen LogP contribution in [0.25, 0.3) is 5.69 Å². The van der Waals surface area contributed by atoms with Crippen LogP contribution in [0.3, 0.4) is 0 Å². The molecule has 120 valence electrons. The van der Waals surface area contributed by atoms with E-state index in [9.17, 15) is 13.2 Å². The fourth-order valence-electron chi connectivity index (χ4n) is 1.91. The Labute approximate surface area is 135 Å². The van der Waals surface area contributed by atoms with Gasteiger partial charge in [-0.15, -0.1) is 13.2 Å². The maximum atomic E-state index is 12.1. The number of benzene rings is 1. The van der Waals surface area contributed by atoms with Gasteiger partial charge >= 0.3 is 6.36 Å². The van der Waals surface area contributed by atoms with Crippen LogP contribution in [0.15, 0.2) is 61.1 Å². The first kappa shape index (κ1) is 15.6. The highest BCUT2D eigenvalue weighted by molar-refractivity contribution is 5.40. The summed E-state index contributed by atoms with van der Waals surface area (Å²) in [4.78, 5) is 3.96. The number of pyridine rings is 1. The molecule has 0 radical (unpaired) electrons. The van der Waals surface area contributed by atoms with Gasteiger partial charge in [-0.2, -0.15) is 5.10 Å². The molecule has 0 spiro atoms. The Balaban J connectivity index is 1.75. The predicted octanol–water partition coefficient (Wildman–Crippen LogP) is 3.57. The van der Waals surface area contributed by atoms with E-state index in [-0.39, 0.29) is 5.75 Å². The molecule has 0 saturated heterocycles. The van der Waals surface area contributed by atoms with Crippen molar-refractivity contribution in [3.63, 3.8) is 0 Å². The van der Waals surface area contributed by atoms with Crippen molar-refractivity contribution in [2.45, 2.75) is 6.36 Å². The zero-order valence-electron chi connectivity index (χ0n) is 12.2. The number of rotatable bonds is 2. The normalized spacial score (nSPS) is 10.8. The fraction of sp³-hybridized carbons (Fsp3) is 0.0588. The largest absolute Gasteiger partial charge is 0.573 e. The Hall–Kier alpha value is -3.27. The monoisotopic (exact) mass is 329 g/mol. The van der Waals surface area contributed by atoms with Crippen LogP contribution in [0.5, 0.6) is 5.75 Å². The topological polar surface area (TPSA) is 39.9 Å². The summed E-state index contributed by atoms with van der Waals surface area (Å²) in [6.07, 6.45) is 0.268. The van der Waals surface area contributed by atoms with Gasteiger partial charge in [0, 0.05) is 24.2 Å². The molecule has 0 N–H and O–H groups in total. The van der Waals surface area contributed by atoms with E-state index in [1.165, 1.54) is 28.9 Å². The predicted molar refractivity (Wildman–Crippen MR) is 80.5 cm³/mol. The van der Waals surface area contributed by atoms with E-state index in [1.54, 1.807) is 30.7 Å². The standard InChI is InChI=1S/C17H10F3N3O/c18-17(19,20)24-16-7-5-15(6-8-16)23-11-9-14(22-23)4-3-13-2-1-10-21-12-13/h1-2,5-12H. The molecule has 2 heterocycles. The second-order valence-electron chi connectivity index (χ2n) is 4.68. The van der Waals surface area contributed by atoms with E-state index in [0.29, 0.717) is 11.4 Å². The molecule has 4 nitrogen and oxygen atoms in total. The molecular formula is C17H10F3N3O. The highest BCUT2D eigenvalue weighted by Crippen LogP contribution is 2.23. The average Bonchev–Trinajstić information content (AvgIpc) is 3.02. The summed E-state index contributed by atoms with van der Waals surface area (Å²) in [5, 5.41) is 4.26. The molecule has 24 heavy (non-hydrogen) atoms. The summed E-state index contributed by atoms with van der Waals surface area (Å²) in [6.45, 7) is 0. The van der Waals surface area contributed by atoms with Gasteiger partial charge in [-0.25, -0.2) is 4.68 Å². The van der Waals surface area contributed by atoms with Gasteiger partial charge in [-0.05, 0) is 48.4 Å². The van der Waals surface area contributed by atoms with E-state index in [2.05, 4.69) is 26.7 Å². The molecule has 0 amide bonds. The molecule has 3 rings (SSSR count). The number of halogens is 3. The lowest BCUT2D eigenvalue weighted by molar-refractivity contribution is -0.274. The van der Waals surface area contributed by atoms with E-state index < -0.39 is 6.36 Å². The smallest absolute Gasteiger partial charge is 0.406 e. The Morgan fingerprint density at radius 3 is 2.46 bits per heavy atom. The molecule has 0 atom stereocenters. The van der Waals surface area contributed by atoms with Crippen molar-refractivity contribution in [2.75, 3.05) is 0 Å². The number of aromatic nitrogens is 3. The second-order valence-corrected chi connectivity index (χ2v) is 4.68. The first-order chi connectivity index (χ1) is 11.5. The van der Waals surface area contributed by atoms with Crippen LogP contribution < -0.4 is 4.74 Å². The van der Waals surface area contributed by atoms with Gasteiger partial charge in [0.05, 0.1) is 5.69 Å². The van der Waals surface area contributed by atoms with Gasteiger partial charge in [-0.3, -0.25) is 4.98 Å². The number of alkyl halides is 3. The molecule has 1 aromatic carbocycles. The van der Waals surface area contributed by atoms with Crippen LogP contribution in [0.1, 0.15) is 11.3 Å². The molecule has 0 aliphatic carbocycles. The summed E-state index contributed by atoms with van der Waals surface area (Å²) < 4.78 is 41.7. The third kappa shape index (κ3) is 4.14. The molecule has 2 aromatic heterocycles. The number of ether oxygens (including phenoxy) is 1. The first-order valence-corrected chi connectivity index (χ1v) is 6.83. The van der Waals surface area contributed by atoms with Crippen LogP contribution in [0, 0.1) is 11.8 Å². The van der Waals surface area contributed by atoms with Crippen molar-refractivity contribution < 1.29 is 17.9 Å². The maximum Gasteiger partial charge on any atom is 0.573 e. The highest BCUT2D eigenvalue weighted by Gasteiger charge is 2.30. The van der Waals surface area contributed by atoms with E-state index in [1.807, 2.05) is 6.07 Å². The van der Waals surface area contributed by atoms with Crippen molar-refractivity contribution in [3.8, 4) is 23.3 Å². The van der Waals surface area contributed by atoms with E-state index >= 15 is 0 Å². The lowest BCUT2D eigenvalue weighted by atomic mass is 10.3. The van der Waals surface area contributed by atoms with Gasteiger partial charge in [0.25, 0.3) is 0 Å². The molecule has 0 aliphatic rings. The molecule has 0 saturated carbocycles. The highest BCUT2D eigenvalue weighted by atomic mass is 19.4. The second kappa shape index (κ2) is 6.46. The van der Waals surface area contributed by atoms with Gasteiger partial charge in [0.2, 0.25) is 0 Å². The minimum Gasteiger partial charge on any atom is -0.406 e. The summed E-state index contributed by atoms with van der Waals surface area (Å²) in [5.41, 5.74) is 1.90. The Morgan fingerprint density at radius 2 is 1.79 bits per heavy atom. The van der Waals surface area contributed by atoms with Crippen LogP contribution in [-0.2, 0) is 0 Å². The number of hydrogen-bond acceptors (Lipinski definition) is 3. The van der Waals surface area contributed by atoms with Crippen molar-refractivity contribution in [3.05, 3.63) is 72.3 Å². The molecule has 0 fully saturated rings. The van der Waals surface area contributed by atoms with Gasteiger partial charge in [-0.1, -0.05) is 5.92 Å².